The number of quaternary nitrogens is 1. The van der Waals surface area contributed by atoms with Gasteiger partial charge in [0.1, 0.15) is 19.3 Å². The maximum absolute atomic E-state index is 13.6. The van der Waals surface area contributed by atoms with Gasteiger partial charge in [-0.15, -0.1) is 0 Å². The van der Waals surface area contributed by atoms with Crippen LogP contribution in [0.1, 0.15) is 323 Å². The Balaban J connectivity index is 5.11. The molecule has 0 bridgehead atoms. The van der Waals surface area contributed by atoms with Crippen LogP contribution in [0.5, 0.6) is 0 Å². The summed E-state index contributed by atoms with van der Waals surface area (Å²) >= 11 is 0. The van der Waals surface area contributed by atoms with Gasteiger partial charge in [0.15, 0.2) is 0 Å². The van der Waals surface area contributed by atoms with Crippen LogP contribution in [0.3, 0.4) is 0 Å². The zero-order valence-electron chi connectivity index (χ0n) is 53.5. The quantitative estimate of drug-likeness (QED) is 0.0212. The molecular weight excluding hydrogens is 1010 g/mol. The lowest BCUT2D eigenvalue weighted by molar-refractivity contribution is -0.870. The topological polar surface area (TPSA) is 114 Å². The highest BCUT2D eigenvalue weighted by Gasteiger charge is 2.27. The molecule has 0 aromatic heterocycles. The molecule has 0 saturated heterocycles. The second-order valence-corrected chi connectivity index (χ2v) is 25.7. The molecule has 0 fully saturated rings. The van der Waals surface area contributed by atoms with Crippen molar-refractivity contribution in [3.8, 4) is 0 Å². The van der Waals surface area contributed by atoms with Gasteiger partial charge in [0.25, 0.3) is 7.82 Å². The van der Waals surface area contributed by atoms with E-state index in [1.165, 1.54) is 199 Å². The maximum atomic E-state index is 13.6. The van der Waals surface area contributed by atoms with Crippen molar-refractivity contribution < 1.29 is 37.3 Å². The molecule has 0 rings (SSSR count). The lowest BCUT2D eigenvalue weighted by atomic mass is 10.0. The smallest absolute Gasteiger partial charge is 0.306 e. The van der Waals surface area contributed by atoms with Crippen molar-refractivity contribution in [1.82, 2.24) is 5.32 Å². The molecule has 468 valence electrons. The van der Waals surface area contributed by atoms with Gasteiger partial charge >= 0.3 is 5.97 Å². The molecule has 1 N–H and O–H groups in total. The lowest BCUT2D eigenvalue weighted by Gasteiger charge is -2.30. The SMILES string of the molecule is CCCCC/C=C\C/C=C\C/C=C\C/C=C\CCCCCCCCCCCC(=O)NC(COP(=O)([O-])OCC[N+](C)(C)C)C(/C=C\CCCCCCCCCCCC)OC(=O)CCCCCCCCCCCCCCCCCCC. The van der Waals surface area contributed by atoms with Gasteiger partial charge in [0.2, 0.25) is 5.91 Å². The van der Waals surface area contributed by atoms with E-state index in [4.69, 9.17) is 13.8 Å². The number of carbonyl (C=O) groups excluding carboxylic acids is 2. The highest BCUT2D eigenvalue weighted by molar-refractivity contribution is 7.45. The van der Waals surface area contributed by atoms with E-state index in [1.54, 1.807) is 0 Å². The van der Waals surface area contributed by atoms with Crippen LogP contribution in [0.25, 0.3) is 0 Å². The van der Waals surface area contributed by atoms with E-state index in [1.807, 2.05) is 33.3 Å². The van der Waals surface area contributed by atoms with Crippen LogP contribution in [-0.2, 0) is 27.9 Å². The number of hydrogen-bond donors (Lipinski definition) is 1. The fourth-order valence-corrected chi connectivity index (χ4v) is 10.6. The molecule has 1 amide bonds. The molecule has 0 aliphatic rings. The molecular formula is C70H131N2O7P. The Labute approximate surface area is 496 Å². The minimum atomic E-state index is -4.70. The molecule has 0 aromatic carbocycles. The van der Waals surface area contributed by atoms with Gasteiger partial charge in [-0.3, -0.25) is 14.2 Å². The molecule has 0 spiro atoms. The number of rotatable bonds is 62. The monoisotopic (exact) mass is 1140 g/mol. The number of unbranched alkanes of at least 4 members (excludes halogenated alkanes) is 38. The Kier molecular flexibility index (Phi) is 58.1. The van der Waals surface area contributed by atoms with Gasteiger partial charge in [-0.25, -0.2) is 0 Å². The average Bonchev–Trinajstić information content (AvgIpc) is 3.42. The molecule has 9 nitrogen and oxygen atoms in total. The van der Waals surface area contributed by atoms with Gasteiger partial charge in [-0.1, -0.05) is 294 Å². The van der Waals surface area contributed by atoms with E-state index in [0.29, 0.717) is 17.4 Å². The number of hydrogen-bond acceptors (Lipinski definition) is 7. The Hall–Kier alpha value is -2.29. The summed E-state index contributed by atoms with van der Waals surface area (Å²) in [5.74, 6) is -0.536. The summed E-state index contributed by atoms with van der Waals surface area (Å²) in [6.45, 7) is 6.85. The first-order valence-electron chi connectivity index (χ1n) is 34.1. The molecule has 80 heavy (non-hydrogen) atoms. The van der Waals surface area contributed by atoms with Crippen molar-refractivity contribution >= 4 is 19.7 Å². The first-order chi connectivity index (χ1) is 38.9. The first-order valence-corrected chi connectivity index (χ1v) is 35.6. The standard InChI is InChI=1S/C70H131N2O7P/c1-7-10-13-16-19-22-25-28-30-32-33-34-35-36-37-38-39-41-42-44-47-50-53-56-59-62-69(73)71-67(66-78-80(75,76)77-65-64-72(4,5)6)68(61-58-55-52-49-46-27-24-21-18-15-12-9-3)79-70(74)63-60-57-54-51-48-45-43-40-31-29-26-23-20-17-14-11-8-2/h19,22,28,30,33-34,36-37,58,61,67-68H,7-18,20-21,23-27,29,31-32,35,38-57,59-60,62-66H2,1-6H3,(H-,71,73,75,76)/b22-19-,30-28-,34-33-,37-36-,61-58-. The average molecular weight is 1140 g/mol. The van der Waals surface area contributed by atoms with Crippen LogP contribution in [0.2, 0.25) is 0 Å². The summed E-state index contributed by atoms with van der Waals surface area (Å²) in [6.07, 6.45) is 76.2. The summed E-state index contributed by atoms with van der Waals surface area (Å²) in [6, 6.07) is -0.891. The number of nitrogens with zero attached hydrogens (tertiary/aromatic N) is 1. The van der Waals surface area contributed by atoms with Gasteiger partial charge < -0.3 is 28.5 Å². The highest BCUT2D eigenvalue weighted by Crippen LogP contribution is 2.38. The van der Waals surface area contributed by atoms with E-state index >= 15 is 0 Å². The number of phosphoric ester groups is 1. The van der Waals surface area contributed by atoms with E-state index < -0.39 is 20.0 Å². The second-order valence-electron chi connectivity index (χ2n) is 24.3. The normalized spacial score (nSPS) is 13.9. The minimum absolute atomic E-state index is 0.0232. The molecule has 0 saturated carbocycles. The van der Waals surface area contributed by atoms with Crippen molar-refractivity contribution in [1.29, 1.82) is 0 Å². The third kappa shape index (κ3) is 60.3. The van der Waals surface area contributed by atoms with Crippen molar-refractivity contribution in [3.05, 3.63) is 60.8 Å². The van der Waals surface area contributed by atoms with Crippen LogP contribution in [-0.4, -0.2) is 69.4 Å². The number of allylic oxidation sites excluding steroid dienone is 9. The van der Waals surface area contributed by atoms with E-state index in [0.717, 1.165) is 89.9 Å². The van der Waals surface area contributed by atoms with E-state index in [-0.39, 0.29) is 31.5 Å². The number of ether oxygens (including phenoxy) is 1. The minimum Gasteiger partial charge on any atom is -0.756 e. The Morgan fingerprint density at radius 3 is 1.16 bits per heavy atom. The molecule has 3 atom stereocenters. The van der Waals surface area contributed by atoms with Crippen molar-refractivity contribution in [2.45, 2.75) is 335 Å². The highest BCUT2D eigenvalue weighted by atomic mass is 31.2. The van der Waals surface area contributed by atoms with Crippen LogP contribution in [0.15, 0.2) is 60.8 Å². The number of phosphoric acid groups is 1. The third-order valence-corrected chi connectivity index (χ3v) is 16.2. The number of nitrogens with one attached hydrogen (secondary N) is 1. The molecule has 0 aliphatic heterocycles. The predicted octanol–water partition coefficient (Wildman–Crippen LogP) is 20.8. The summed E-state index contributed by atoms with van der Waals surface area (Å²) in [7, 11) is 1.19. The summed E-state index contributed by atoms with van der Waals surface area (Å²) < 4.78 is 30.4. The molecule has 0 radical (unpaired) electrons. The number of likely N-dealkylation sites (N-methyl/N-ethyl adjacent to an activating group) is 1. The Morgan fingerprint density at radius 2 is 0.762 bits per heavy atom. The van der Waals surface area contributed by atoms with Crippen molar-refractivity contribution in [2.75, 3.05) is 40.9 Å². The lowest BCUT2D eigenvalue weighted by Crippen LogP contribution is -2.47. The molecule has 0 aromatic rings. The van der Waals surface area contributed by atoms with Gasteiger partial charge in [0.05, 0.1) is 33.8 Å². The fraction of sp³-hybridized carbons (Fsp3) is 0.829. The van der Waals surface area contributed by atoms with Gasteiger partial charge in [0, 0.05) is 12.8 Å². The Morgan fingerprint density at radius 1 is 0.438 bits per heavy atom. The van der Waals surface area contributed by atoms with Gasteiger partial charge in [-0.05, 0) is 76.7 Å². The van der Waals surface area contributed by atoms with Crippen LogP contribution in [0.4, 0.5) is 0 Å². The summed E-state index contributed by atoms with van der Waals surface area (Å²) in [5.41, 5.74) is 0. The number of amides is 1. The van der Waals surface area contributed by atoms with E-state index in [2.05, 4.69) is 74.7 Å². The van der Waals surface area contributed by atoms with E-state index in [9.17, 15) is 19.0 Å². The third-order valence-electron chi connectivity index (χ3n) is 15.2. The molecule has 0 aliphatic carbocycles. The van der Waals surface area contributed by atoms with Crippen LogP contribution < -0.4 is 10.2 Å². The first kappa shape index (κ1) is 77.7. The van der Waals surface area contributed by atoms with Crippen molar-refractivity contribution in [3.63, 3.8) is 0 Å². The van der Waals surface area contributed by atoms with Gasteiger partial charge in [-0.2, -0.15) is 0 Å². The summed E-state index contributed by atoms with van der Waals surface area (Å²) in [5, 5.41) is 3.04. The van der Waals surface area contributed by atoms with Crippen molar-refractivity contribution in [2.24, 2.45) is 0 Å². The Bertz CT molecular complexity index is 1550. The maximum Gasteiger partial charge on any atom is 0.306 e. The van der Waals surface area contributed by atoms with Crippen LogP contribution in [0, 0.1) is 0 Å². The molecule has 0 heterocycles. The number of esters is 1. The molecule has 3 unspecified atom stereocenters. The zero-order valence-corrected chi connectivity index (χ0v) is 54.4. The summed E-state index contributed by atoms with van der Waals surface area (Å²) in [4.78, 5) is 40.1. The zero-order chi connectivity index (χ0) is 58.6. The second kappa shape index (κ2) is 59.9. The fourth-order valence-electron chi connectivity index (χ4n) is 9.92. The predicted molar refractivity (Wildman–Crippen MR) is 344 cm³/mol. The molecule has 10 heteroatoms. The largest absolute Gasteiger partial charge is 0.756 e. The number of carbonyl (C=O) groups is 2. The van der Waals surface area contributed by atoms with Crippen LogP contribution >= 0.6 is 7.82 Å².